The summed E-state index contributed by atoms with van der Waals surface area (Å²) in [5, 5.41) is 12.9. The maximum Gasteiger partial charge on any atom is 0.0719 e. The third kappa shape index (κ3) is 5.25. The van der Waals surface area contributed by atoms with Crippen molar-refractivity contribution in [2.75, 3.05) is 13.1 Å². The SMILES string of the molecule is CCCNCC(O)Cc1ccc(Br)cn1. The Morgan fingerprint density at radius 1 is 1.53 bits per heavy atom. The summed E-state index contributed by atoms with van der Waals surface area (Å²) in [4.78, 5) is 4.21. The molecule has 1 aromatic rings. The Bertz CT molecular complexity index is 276. The first-order valence-corrected chi connectivity index (χ1v) is 6.01. The Morgan fingerprint density at radius 2 is 2.33 bits per heavy atom. The van der Waals surface area contributed by atoms with E-state index in [9.17, 15) is 5.11 Å². The summed E-state index contributed by atoms with van der Waals surface area (Å²) in [5.74, 6) is 0. The molecule has 1 heterocycles. The number of aliphatic hydroxyl groups is 1. The van der Waals surface area contributed by atoms with E-state index in [2.05, 4.69) is 33.2 Å². The molecule has 0 aliphatic carbocycles. The lowest BCUT2D eigenvalue weighted by atomic mass is 10.2. The van der Waals surface area contributed by atoms with Crippen LogP contribution in [0.3, 0.4) is 0 Å². The van der Waals surface area contributed by atoms with Gasteiger partial charge in [-0.25, -0.2) is 0 Å². The maximum atomic E-state index is 9.68. The van der Waals surface area contributed by atoms with Crippen molar-refractivity contribution in [1.82, 2.24) is 10.3 Å². The van der Waals surface area contributed by atoms with Crippen LogP contribution in [0.1, 0.15) is 19.0 Å². The maximum absolute atomic E-state index is 9.68. The van der Waals surface area contributed by atoms with Gasteiger partial charge in [0.15, 0.2) is 0 Å². The summed E-state index contributed by atoms with van der Waals surface area (Å²) in [5.41, 5.74) is 0.920. The largest absolute Gasteiger partial charge is 0.391 e. The Morgan fingerprint density at radius 3 is 2.93 bits per heavy atom. The minimum absolute atomic E-state index is 0.356. The molecular weight excluding hydrogens is 256 g/mol. The van der Waals surface area contributed by atoms with Gasteiger partial charge >= 0.3 is 0 Å². The first-order chi connectivity index (χ1) is 7.22. The van der Waals surface area contributed by atoms with Crippen LogP contribution < -0.4 is 5.32 Å². The van der Waals surface area contributed by atoms with Gasteiger partial charge < -0.3 is 10.4 Å². The third-order valence-corrected chi connectivity index (χ3v) is 2.51. The zero-order chi connectivity index (χ0) is 11.1. The lowest BCUT2D eigenvalue weighted by molar-refractivity contribution is 0.171. The van der Waals surface area contributed by atoms with Crippen LogP contribution in [0.4, 0.5) is 0 Å². The van der Waals surface area contributed by atoms with Crippen LogP contribution in [0.25, 0.3) is 0 Å². The van der Waals surface area contributed by atoms with Gasteiger partial charge in [0.1, 0.15) is 0 Å². The van der Waals surface area contributed by atoms with Gasteiger partial charge in [0, 0.05) is 29.3 Å². The summed E-state index contributed by atoms with van der Waals surface area (Å²) in [6.45, 7) is 3.69. The number of hydrogen-bond acceptors (Lipinski definition) is 3. The van der Waals surface area contributed by atoms with E-state index >= 15 is 0 Å². The summed E-state index contributed by atoms with van der Waals surface area (Å²) in [6.07, 6.45) is 3.08. The Balaban J connectivity index is 2.31. The van der Waals surface area contributed by atoms with Crippen LogP contribution in [0, 0.1) is 0 Å². The fraction of sp³-hybridized carbons (Fsp3) is 0.545. The quantitative estimate of drug-likeness (QED) is 0.776. The van der Waals surface area contributed by atoms with Gasteiger partial charge in [0.2, 0.25) is 0 Å². The van der Waals surface area contributed by atoms with E-state index in [0.717, 1.165) is 23.1 Å². The van der Waals surface area contributed by atoms with Crippen molar-refractivity contribution in [3.8, 4) is 0 Å². The van der Waals surface area contributed by atoms with Crippen molar-refractivity contribution in [3.05, 3.63) is 28.5 Å². The van der Waals surface area contributed by atoms with Crippen molar-refractivity contribution in [1.29, 1.82) is 0 Å². The molecule has 84 valence electrons. The van der Waals surface area contributed by atoms with Crippen molar-refractivity contribution < 1.29 is 5.11 Å². The van der Waals surface area contributed by atoms with E-state index in [1.165, 1.54) is 0 Å². The molecule has 0 saturated carbocycles. The van der Waals surface area contributed by atoms with Gasteiger partial charge in [0.25, 0.3) is 0 Å². The molecule has 3 nitrogen and oxygen atoms in total. The Kier molecular flexibility index (Phi) is 5.83. The van der Waals surface area contributed by atoms with E-state index in [-0.39, 0.29) is 6.10 Å². The number of halogens is 1. The van der Waals surface area contributed by atoms with E-state index < -0.39 is 0 Å². The minimum atomic E-state index is -0.356. The molecule has 1 atom stereocenters. The van der Waals surface area contributed by atoms with E-state index in [1.807, 2.05) is 12.1 Å². The standard InChI is InChI=1S/C11H17BrN2O/c1-2-5-13-8-11(15)6-10-4-3-9(12)7-14-10/h3-4,7,11,13,15H,2,5-6,8H2,1H3. The van der Waals surface area contributed by atoms with Crippen LogP contribution in [-0.4, -0.2) is 29.3 Å². The second-order valence-corrected chi connectivity index (χ2v) is 4.45. The zero-order valence-corrected chi connectivity index (χ0v) is 10.5. The highest BCUT2D eigenvalue weighted by atomic mass is 79.9. The Hall–Kier alpha value is -0.450. The summed E-state index contributed by atoms with van der Waals surface area (Å²) in [6, 6.07) is 3.86. The number of rotatable bonds is 6. The summed E-state index contributed by atoms with van der Waals surface area (Å²) in [7, 11) is 0. The smallest absolute Gasteiger partial charge is 0.0719 e. The lowest BCUT2D eigenvalue weighted by Crippen LogP contribution is -2.29. The number of aliphatic hydroxyl groups excluding tert-OH is 1. The molecule has 4 heteroatoms. The van der Waals surface area contributed by atoms with Gasteiger partial charge in [-0.1, -0.05) is 6.92 Å². The highest BCUT2D eigenvalue weighted by molar-refractivity contribution is 9.10. The zero-order valence-electron chi connectivity index (χ0n) is 8.91. The predicted octanol–water partition coefficient (Wildman–Crippen LogP) is 1.75. The van der Waals surface area contributed by atoms with Crippen LogP contribution in [0.5, 0.6) is 0 Å². The summed E-state index contributed by atoms with van der Waals surface area (Å²) < 4.78 is 0.963. The number of aromatic nitrogens is 1. The molecule has 1 aromatic heterocycles. The molecule has 2 N–H and O–H groups in total. The van der Waals surface area contributed by atoms with E-state index in [1.54, 1.807) is 6.20 Å². The first-order valence-electron chi connectivity index (χ1n) is 5.21. The third-order valence-electron chi connectivity index (χ3n) is 2.04. The second kappa shape index (κ2) is 6.93. The Labute approximate surface area is 99.1 Å². The highest BCUT2D eigenvalue weighted by Crippen LogP contribution is 2.08. The van der Waals surface area contributed by atoms with Crippen LogP contribution in [0.15, 0.2) is 22.8 Å². The average molecular weight is 273 g/mol. The summed E-state index contributed by atoms with van der Waals surface area (Å²) >= 11 is 3.33. The number of hydrogen-bond donors (Lipinski definition) is 2. The van der Waals surface area contributed by atoms with E-state index in [4.69, 9.17) is 0 Å². The van der Waals surface area contributed by atoms with Gasteiger partial charge in [-0.05, 0) is 41.0 Å². The molecule has 1 unspecified atom stereocenters. The van der Waals surface area contributed by atoms with Gasteiger partial charge in [-0.15, -0.1) is 0 Å². The van der Waals surface area contributed by atoms with Gasteiger partial charge in [0.05, 0.1) is 6.10 Å². The molecule has 0 fully saturated rings. The topological polar surface area (TPSA) is 45.1 Å². The minimum Gasteiger partial charge on any atom is -0.391 e. The molecule has 0 aliphatic rings. The number of pyridine rings is 1. The van der Waals surface area contributed by atoms with Crippen LogP contribution in [0.2, 0.25) is 0 Å². The molecule has 0 saturated heterocycles. The number of nitrogens with zero attached hydrogens (tertiary/aromatic N) is 1. The molecule has 0 spiro atoms. The lowest BCUT2D eigenvalue weighted by Gasteiger charge is -2.10. The fourth-order valence-corrected chi connectivity index (χ4v) is 1.52. The normalized spacial score (nSPS) is 12.7. The molecule has 0 bridgehead atoms. The van der Waals surface area contributed by atoms with Crippen molar-refractivity contribution in [3.63, 3.8) is 0 Å². The van der Waals surface area contributed by atoms with Gasteiger partial charge in [-0.3, -0.25) is 4.98 Å². The fourth-order valence-electron chi connectivity index (χ4n) is 1.29. The molecule has 0 aromatic carbocycles. The number of nitrogens with one attached hydrogen (secondary N) is 1. The van der Waals surface area contributed by atoms with Crippen LogP contribution in [-0.2, 0) is 6.42 Å². The molecular formula is C11H17BrN2O. The molecule has 15 heavy (non-hydrogen) atoms. The monoisotopic (exact) mass is 272 g/mol. The molecule has 1 rings (SSSR count). The van der Waals surface area contributed by atoms with Crippen LogP contribution >= 0.6 is 15.9 Å². The predicted molar refractivity (Wildman–Crippen MR) is 64.8 cm³/mol. The van der Waals surface area contributed by atoms with Gasteiger partial charge in [-0.2, -0.15) is 0 Å². The van der Waals surface area contributed by atoms with Crippen molar-refractivity contribution >= 4 is 15.9 Å². The molecule has 0 amide bonds. The molecule has 0 radical (unpaired) electrons. The molecule has 0 aliphatic heterocycles. The highest BCUT2D eigenvalue weighted by Gasteiger charge is 2.05. The second-order valence-electron chi connectivity index (χ2n) is 3.53. The average Bonchev–Trinajstić information content (AvgIpc) is 2.22. The first kappa shape index (κ1) is 12.6. The van der Waals surface area contributed by atoms with E-state index in [0.29, 0.717) is 13.0 Å². The van der Waals surface area contributed by atoms with Crippen molar-refractivity contribution in [2.24, 2.45) is 0 Å². The van der Waals surface area contributed by atoms with Crippen molar-refractivity contribution in [2.45, 2.75) is 25.9 Å².